The Morgan fingerprint density at radius 1 is 1.52 bits per heavy atom. The van der Waals surface area contributed by atoms with E-state index in [-0.39, 0.29) is 18.5 Å². The summed E-state index contributed by atoms with van der Waals surface area (Å²) < 4.78 is 0. The Hall–Kier alpha value is -2.05. The number of carbonyl (C=O) groups is 2. The van der Waals surface area contributed by atoms with E-state index in [1.807, 2.05) is 6.92 Å². The number of aromatic amines is 1. The average molecular weight is 294 g/mol. The van der Waals surface area contributed by atoms with Crippen molar-refractivity contribution in [2.45, 2.75) is 45.2 Å². The van der Waals surface area contributed by atoms with Crippen molar-refractivity contribution >= 4 is 12.0 Å². The SMILES string of the molecule is CC1CCC(C)N(C(=O)N[C@H](Cc2cnc[nH]2)C(=O)O)C1. The van der Waals surface area contributed by atoms with Gasteiger partial charge in [-0.3, -0.25) is 0 Å². The summed E-state index contributed by atoms with van der Waals surface area (Å²) in [5.74, 6) is -0.599. The van der Waals surface area contributed by atoms with Crippen molar-refractivity contribution in [1.82, 2.24) is 20.2 Å². The summed E-state index contributed by atoms with van der Waals surface area (Å²) in [4.78, 5) is 32.1. The molecule has 0 aliphatic carbocycles. The molecule has 2 amide bonds. The van der Waals surface area contributed by atoms with E-state index in [9.17, 15) is 14.7 Å². The summed E-state index contributed by atoms with van der Waals surface area (Å²) in [6.45, 7) is 4.77. The molecular weight excluding hydrogens is 272 g/mol. The highest BCUT2D eigenvalue weighted by molar-refractivity contribution is 5.83. The summed E-state index contributed by atoms with van der Waals surface area (Å²) in [5.41, 5.74) is 0.683. The quantitative estimate of drug-likeness (QED) is 0.778. The normalized spacial score (nSPS) is 23.6. The van der Waals surface area contributed by atoms with Gasteiger partial charge in [-0.05, 0) is 25.7 Å². The van der Waals surface area contributed by atoms with Gasteiger partial charge in [0, 0.05) is 30.9 Å². The second-order valence-electron chi connectivity index (χ2n) is 5.81. The van der Waals surface area contributed by atoms with Crippen molar-refractivity contribution in [3.63, 3.8) is 0 Å². The third-order valence-corrected chi connectivity index (χ3v) is 3.95. The van der Waals surface area contributed by atoms with Gasteiger partial charge in [0.2, 0.25) is 0 Å². The van der Waals surface area contributed by atoms with Gasteiger partial charge < -0.3 is 20.3 Å². The van der Waals surface area contributed by atoms with Crippen LogP contribution >= 0.6 is 0 Å². The van der Waals surface area contributed by atoms with Gasteiger partial charge in [0.1, 0.15) is 6.04 Å². The number of urea groups is 1. The fourth-order valence-corrected chi connectivity index (χ4v) is 2.62. The molecule has 116 valence electrons. The number of hydrogen-bond acceptors (Lipinski definition) is 3. The van der Waals surface area contributed by atoms with Gasteiger partial charge in [-0.25, -0.2) is 14.6 Å². The molecule has 1 saturated heterocycles. The fourth-order valence-electron chi connectivity index (χ4n) is 2.62. The topological polar surface area (TPSA) is 98.3 Å². The Labute approximate surface area is 123 Å². The highest BCUT2D eigenvalue weighted by atomic mass is 16.4. The van der Waals surface area contributed by atoms with Crippen LogP contribution in [0.15, 0.2) is 12.5 Å². The van der Waals surface area contributed by atoms with Crippen LogP contribution in [-0.2, 0) is 11.2 Å². The predicted molar refractivity (Wildman–Crippen MR) is 76.8 cm³/mol. The van der Waals surface area contributed by atoms with Crippen LogP contribution in [0.5, 0.6) is 0 Å². The van der Waals surface area contributed by atoms with Gasteiger partial charge >= 0.3 is 12.0 Å². The number of H-pyrrole nitrogens is 1. The summed E-state index contributed by atoms with van der Waals surface area (Å²) >= 11 is 0. The Bertz CT molecular complexity index is 488. The first-order valence-corrected chi connectivity index (χ1v) is 7.24. The van der Waals surface area contributed by atoms with E-state index < -0.39 is 12.0 Å². The molecule has 21 heavy (non-hydrogen) atoms. The molecule has 0 aromatic carbocycles. The van der Waals surface area contributed by atoms with Crippen LogP contribution < -0.4 is 5.32 Å². The number of amides is 2. The van der Waals surface area contributed by atoms with Crippen molar-refractivity contribution in [3.8, 4) is 0 Å². The number of likely N-dealkylation sites (tertiary alicyclic amines) is 1. The first-order valence-electron chi connectivity index (χ1n) is 7.24. The maximum absolute atomic E-state index is 12.3. The molecule has 1 aliphatic heterocycles. The Morgan fingerprint density at radius 3 is 2.90 bits per heavy atom. The van der Waals surface area contributed by atoms with Gasteiger partial charge in [0.25, 0.3) is 0 Å². The molecule has 3 N–H and O–H groups in total. The minimum Gasteiger partial charge on any atom is -0.480 e. The lowest BCUT2D eigenvalue weighted by molar-refractivity contribution is -0.139. The largest absolute Gasteiger partial charge is 0.480 e. The molecule has 1 aliphatic rings. The van der Waals surface area contributed by atoms with E-state index in [4.69, 9.17) is 0 Å². The van der Waals surface area contributed by atoms with Crippen molar-refractivity contribution in [1.29, 1.82) is 0 Å². The zero-order valence-electron chi connectivity index (χ0n) is 12.4. The highest BCUT2D eigenvalue weighted by Gasteiger charge is 2.30. The van der Waals surface area contributed by atoms with Crippen LogP contribution in [-0.4, -0.2) is 50.6 Å². The third kappa shape index (κ3) is 3.96. The molecule has 0 saturated carbocycles. The van der Waals surface area contributed by atoms with E-state index in [2.05, 4.69) is 22.2 Å². The van der Waals surface area contributed by atoms with Crippen LogP contribution in [0.4, 0.5) is 4.79 Å². The molecule has 2 unspecified atom stereocenters. The number of carbonyl (C=O) groups excluding carboxylic acids is 1. The molecule has 0 radical (unpaired) electrons. The highest BCUT2D eigenvalue weighted by Crippen LogP contribution is 2.21. The minimum atomic E-state index is -1.05. The molecule has 1 aromatic rings. The smallest absolute Gasteiger partial charge is 0.326 e. The lowest BCUT2D eigenvalue weighted by atomic mass is 9.95. The third-order valence-electron chi connectivity index (χ3n) is 3.95. The summed E-state index contributed by atoms with van der Waals surface area (Å²) in [6, 6.07) is -1.12. The van der Waals surface area contributed by atoms with Crippen LogP contribution in [0.1, 0.15) is 32.4 Å². The minimum absolute atomic E-state index is 0.141. The van der Waals surface area contributed by atoms with E-state index in [1.165, 1.54) is 6.33 Å². The van der Waals surface area contributed by atoms with E-state index >= 15 is 0 Å². The number of rotatable bonds is 4. The van der Waals surface area contributed by atoms with E-state index in [0.29, 0.717) is 18.2 Å². The number of carboxylic acids is 1. The van der Waals surface area contributed by atoms with Crippen LogP contribution in [0.3, 0.4) is 0 Å². The summed E-state index contributed by atoms with van der Waals surface area (Å²) in [5, 5.41) is 11.9. The number of nitrogens with zero attached hydrogens (tertiary/aromatic N) is 2. The summed E-state index contributed by atoms with van der Waals surface area (Å²) in [7, 11) is 0. The number of imidazole rings is 1. The van der Waals surface area contributed by atoms with Crippen molar-refractivity contribution in [3.05, 3.63) is 18.2 Å². The lowest BCUT2D eigenvalue weighted by Crippen LogP contribution is -2.54. The van der Waals surface area contributed by atoms with Crippen molar-refractivity contribution in [2.75, 3.05) is 6.54 Å². The fraction of sp³-hybridized carbons (Fsp3) is 0.643. The van der Waals surface area contributed by atoms with Crippen molar-refractivity contribution < 1.29 is 14.7 Å². The van der Waals surface area contributed by atoms with Crippen LogP contribution in [0.2, 0.25) is 0 Å². The molecule has 0 spiro atoms. The van der Waals surface area contributed by atoms with Gasteiger partial charge in [-0.1, -0.05) is 6.92 Å². The number of nitrogens with one attached hydrogen (secondary N) is 2. The monoisotopic (exact) mass is 294 g/mol. The molecular formula is C14H22N4O3. The summed E-state index contributed by atoms with van der Waals surface area (Å²) in [6.07, 6.45) is 5.30. The van der Waals surface area contributed by atoms with Gasteiger partial charge in [0.05, 0.1) is 6.33 Å². The molecule has 0 bridgehead atoms. The first-order chi connectivity index (χ1) is 9.97. The maximum atomic E-state index is 12.3. The molecule has 1 aromatic heterocycles. The van der Waals surface area contributed by atoms with Crippen LogP contribution in [0, 0.1) is 5.92 Å². The van der Waals surface area contributed by atoms with Gasteiger partial charge in [0.15, 0.2) is 0 Å². The van der Waals surface area contributed by atoms with Crippen LogP contribution in [0.25, 0.3) is 0 Å². The molecule has 2 rings (SSSR count). The number of aliphatic carboxylic acids is 1. The molecule has 2 heterocycles. The second-order valence-corrected chi connectivity index (χ2v) is 5.81. The number of aromatic nitrogens is 2. The van der Waals surface area contributed by atoms with E-state index in [0.717, 1.165) is 12.8 Å². The van der Waals surface area contributed by atoms with Gasteiger partial charge in [-0.15, -0.1) is 0 Å². The zero-order chi connectivity index (χ0) is 15.4. The standard InChI is InChI=1S/C14H22N4O3/c1-9-3-4-10(2)18(7-9)14(21)17-12(13(19)20)5-11-6-15-8-16-11/h6,8-10,12H,3-5,7H2,1-2H3,(H,15,16)(H,17,21)(H,19,20)/t9?,10?,12-/m1/s1. The number of piperidine rings is 1. The zero-order valence-corrected chi connectivity index (χ0v) is 12.4. The molecule has 3 atom stereocenters. The Morgan fingerprint density at radius 2 is 2.29 bits per heavy atom. The number of carboxylic acid groups (broad SMARTS) is 1. The van der Waals surface area contributed by atoms with E-state index in [1.54, 1.807) is 11.1 Å². The first kappa shape index (κ1) is 15.3. The molecule has 7 heteroatoms. The Balaban J connectivity index is 1.99. The average Bonchev–Trinajstić information content (AvgIpc) is 2.93. The lowest BCUT2D eigenvalue weighted by Gasteiger charge is -2.37. The second kappa shape index (κ2) is 6.60. The van der Waals surface area contributed by atoms with Crippen molar-refractivity contribution in [2.24, 2.45) is 5.92 Å². The molecule has 1 fully saturated rings. The van der Waals surface area contributed by atoms with Gasteiger partial charge in [-0.2, -0.15) is 0 Å². The number of hydrogen-bond donors (Lipinski definition) is 3. The Kier molecular flexibility index (Phi) is 4.82. The predicted octanol–water partition coefficient (Wildman–Crippen LogP) is 1.24. The molecule has 7 nitrogen and oxygen atoms in total. The maximum Gasteiger partial charge on any atom is 0.326 e.